The lowest BCUT2D eigenvalue weighted by Crippen LogP contribution is -2.25. The summed E-state index contributed by atoms with van der Waals surface area (Å²) in [7, 11) is 1.32. The normalized spacial score (nSPS) is 12.9. The summed E-state index contributed by atoms with van der Waals surface area (Å²) in [5, 5.41) is 2.48. The molecule has 4 aromatic rings. The number of nitrogens with one attached hydrogen (secondary N) is 1. The summed E-state index contributed by atoms with van der Waals surface area (Å²) >= 11 is 0. The number of furan rings is 1. The van der Waals surface area contributed by atoms with Crippen molar-refractivity contribution < 1.29 is 49.1 Å². The van der Waals surface area contributed by atoms with E-state index in [2.05, 4.69) is 10.3 Å². The fourth-order valence-corrected chi connectivity index (χ4v) is 4.65. The maximum absolute atomic E-state index is 14.7. The molecular formula is C30H24F8N2O3. The Morgan fingerprint density at radius 1 is 0.953 bits per heavy atom. The summed E-state index contributed by atoms with van der Waals surface area (Å²) in [5.74, 6) is -5.55. The fraction of sp³-hybridized carbons (Fsp3) is 0.300. The highest BCUT2D eigenvalue weighted by molar-refractivity contribution is 6.11. The van der Waals surface area contributed by atoms with Crippen molar-refractivity contribution in [3.8, 4) is 22.5 Å². The van der Waals surface area contributed by atoms with E-state index in [1.807, 2.05) is 0 Å². The summed E-state index contributed by atoms with van der Waals surface area (Å²) in [4.78, 5) is 30.0. The van der Waals surface area contributed by atoms with Gasteiger partial charge in [-0.25, -0.2) is 13.8 Å². The van der Waals surface area contributed by atoms with Gasteiger partial charge in [0.2, 0.25) is 5.71 Å². The van der Waals surface area contributed by atoms with Crippen LogP contribution in [-0.2, 0) is 6.42 Å². The molecule has 4 rings (SSSR count). The summed E-state index contributed by atoms with van der Waals surface area (Å²) in [6.07, 6.45) is -12.7. The predicted molar refractivity (Wildman–Crippen MR) is 141 cm³/mol. The molecule has 2 heterocycles. The van der Waals surface area contributed by atoms with Crippen LogP contribution in [0.3, 0.4) is 0 Å². The van der Waals surface area contributed by atoms with Gasteiger partial charge in [0, 0.05) is 31.0 Å². The maximum Gasteiger partial charge on any atom is 0.392 e. The molecule has 0 aliphatic heterocycles. The van der Waals surface area contributed by atoms with E-state index >= 15 is 0 Å². The van der Waals surface area contributed by atoms with Crippen molar-refractivity contribution in [3.63, 3.8) is 0 Å². The van der Waals surface area contributed by atoms with Crippen molar-refractivity contribution >= 4 is 22.8 Å². The number of fused-ring (bicyclic) bond motifs is 1. The average Bonchev–Trinajstić information content (AvgIpc) is 3.31. The summed E-state index contributed by atoms with van der Waals surface area (Å²) in [6.45, 7) is 1.24. The Hall–Kier alpha value is -4.29. The van der Waals surface area contributed by atoms with Gasteiger partial charge in [0.05, 0.1) is 28.1 Å². The predicted octanol–water partition coefficient (Wildman–Crippen LogP) is 8.46. The second-order valence-electron chi connectivity index (χ2n) is 9.81. The van der Waals surface area contributed by atoms with Crippen LogP contribution in [0.5, 0.6) is 0 Å². The lowest BCUT2D eigenvalue weighted by atomic mass is 9.92. The molecule has 0 spiro atoms. The number of hydrogen-bond acceptors (Lipinski definition) is 4. The Balaban J connectivity index is 1.92. The zero-order valence-corrected chi connectivity index (χ0v) is 22.7. The van der Waals surface area contributed by atoms with E-state index in [1.165, 1.54) is 32.2 Å². The minimum atomic E-state index is -4.70. The quantitative estimate of drug-likeness (QED) is 0.152. The van der Waals surface area contributed by atoms with E-state index in [0.717, 1.165) is 30.3 Å². The largest absolute Gasteiger partial charge is 0.437 e. The number of pyridine rings is 1. The Labute approximate surface area is 239 Å². The molecule has 2 aromatic heterocycles. The number of hydrogen-bond donors (Lipinski definition) is 1. The monoisotopic (exact) mass is 612 g/mol. The number of Topliss-reactive ketones (excluding diaryl/α,β-unsaturated/α-hetero) is 1. The number of rotatable bonds is 9. The highest BCUT2D eigenvalue weighted by Gasteiger charge is 2.40. The molecular weight excluding hydrogens is 588 g/mol. The van der Waals surface area contributed by atoms with Crippen LogP contribution in [0.25, 0.3) is 33.6 Å². The number of alkyl halides is 6. The number of carbonyl (C=O) groups excluding carboxylic acids is 2. The second-order valence-corrected chi connectivity index (χ2v) is 9.81. The lowest BCUT2D eigenvalue weighted by Gasteiger charge is -2.18. The molecule has 0 radical (unpaired) electrons. The molecule has 13 heteroatoms. The molecule has 1 amide bonds. The molecule has 1 atom stereocenters. The number of aromatic nitrogens is 1. The zero-order valence-electron chi connectivity index (χ0n) is 22.7. The Bertz CT molecular complexity index is 1660. The average molecular weight is 613 g/mol. The van der Waals surface area contributed by atoms with E-state index in [9.17, 15) is 44.7 Å². The number of ketones is 1. The third-order valence-corrected chi connectivity index (χ3v) is 6.93. The van der Waals surface area contributed by atoms with Crippen LogP contribution < -0.4 is 5.32 Å². The first-order valence-electron chi connectivity index (χ1n) is 13.0. The number of carbonyl (C=O) groups is 2. The molecule has 0 bridgehead atoms. The summed E-state index contributed by atoms with van der Waals surface area (Å²) in [5.41, 5.74) is -0.912. The van der Waals surface area contributed by atoms with Crippen molar-refractivity contribution in [3.05, 3.63) is 77.0 Å². The molecule has 0 saturated heterocycles. The third-order valence-electron chi connectivity index (χ3n) is 6.93. The first-order valence-corrected chi connectivity index (χ1v) is 13.0. The van der Waals surface area contributed by atoms with Crippen LogP contribution in [0.1, 0.15) is 52.6 Å². The Morgan fingerprint density at radius 3 is 2.19 bits per heavy atom. The first-order chi connectivity index (χ1) is 20.1. The van der Waals surface area contributed by atoms with E-state index in [-0.39, 0.29) is 44.8 Å². The third kappa shape index (κ3) is 7.03. The van der Waals surface area contributed by atoms with Gasteiger partial charge < -0.3 is 9.73 Å². The highest BCUT2D eigenvalue weighted by Crippen LogP contribution is 2.38. The Morgan fingerprint density at radius 2 is 1.60 bits per heavy atom. The Kier molecular flexibility index (Phi) is 8.93. The van der Waals surface area contributed by atoms with Gasteiger partial charge in [0.1, 0.15) is 17.4 Å². The van der Waals surface area contributed by atoms with E-state index in [1.54, 1.807) is 0 Å². The van der Waals surface area contributed by atoms with Gasteiger partial charge in [-0.1, -0.05) is 13.0 Å². The SMILES string of the molecule is CCC(CC(=O)c1cc(-c2cc3c(C(=O)NC)c(-c4ccc(F)cc4)oc3nc2CCC(F)(F)F)ccc1F)C(F)(F)F. The van der Waals surface area contributed by atoms with Gasteiger partial charge in [0.25, 0.3) is 5.91 Å². The first kappa shape index (κ1) is 31.6. The summed E-state index contributed by atoms with van der Waals surface area (Å²) in [6, 6.07) is 9.11. The minimum Gasteiger partial charge on any atom is -0.437 e. The zero-order chi connectivity index (χ0) is 31.7. The smallest absolute Gasteiger partial charge is 0.392 e. The molecule has 0 fully saturated rings. The van der Waals surface area contributed by atoms with Crippen molar-refractivity contribution in [1.29, 1.82) is 0 Å². The molecule has 1 N–H and O–H groups in total. The van der Waals surface area contributed by atoms with E-state index in [0.29, 0.717) is 0 Å². The molecule has 0 aliphatic rings. The highest BCUT2D eigenvalue weighted by atomic mass is 19.4. The number of halogens is 8. The molecule has 0 aliphatic carbocycles. The van der Waals surface area contributed by atoms with E-state index in [4.69, 9.17) is 4.42 Å². The number of benzene rings is 2. The molecule has 0 saturated carbocycles. The summed E-state index contributed by atoms with van der Waals surface area (Å²) < 4.78 is 114. The van der Waals surface area contributed by atoms with Crippen molar-refractivity contribution in [2.45, 2.75) is 45.0 Å². The van der Waals surface area contributed by atoms with Gasteiger partial charge in [0.15, 0.2) is 5.78 Å². The van der Waals surface area contributed by atoms with Crippen LogP contribution in [0.15, 0.2) is 52.9 Å². The molecule has 2 aromatic carbocycles. The number of nitrogens with zero attached hydrogens (tertiary/aromatic N) is 1. The second kappa shape index (κ2) is 12.1. The van der Waals surface area contributed by atoms with Crippen molar-refractivity contribution in [2.75, 3.05) is 7.05 Å². The number of aryl methyl sites for hydroxylation is 1. The van der Waals surface area contributed by atoms with Gasteiger partial charge >= 0.3 is 12.4 Å². The van der Waals surface area contributed by atoms with Crippen LogP contribution in [-0.4, -0.2) is 36.1 Å². The molecule has 1 unspecified atom stereocenters. The topological polar surface area (TPSA) is 72.2 Å². The fourth-order valence-electron chi connectivity index (χ4n) is 4.65. The van der Waals surface area contributed by atoms with Crippen molar-refractivity contribution in [1.82, 2.24) is 10.3 Å². The van der Waals surface area contributed by atoms with Gasteiger partial charge in [-0.05, 0) is 60.9 Å². The van der Waals surface area contributed by atoms with Crippen LogP contribution >= 0.6 is 0 Å². The lowest BCUT2D eigenvalue weighted by molar-refractivity contribution is -0.174. The van der Waals surface area contributed by atoms with E-state index < -0.39 is 72.8 Å². The molecule has 5 nitrogen and oxygen atoms in total. The van der Waals surface area contributed by atoms with Gasteiger partial charge in [-0.2, -0.15) is 26.3 Å². The van der Waals surface area contributed by atoms with Crippen LogP contribution in [0.4, 0.5) is 35.1 Å². The van der Waals surface area contributed by atoms with Crippen LogP contribution in [0, 0.1) is 17.6 Å². The maximum atomic E-state index is 14.7. The van der Waals surface area contributed by atoms with Gasteiger partial charge in [-0.15, -0.1) is 0 Å². The van der Waals surface area contributed by atoms with Gasteiger partial charge in [-0.3, -0.25) is 9.59 Å². The molecule has 43 heavy (non-hydrogen) atoms. The van der Waals surface area contributed by atoms with Crippen molar-refractivity contribution in [2.24, 2.45) is 5.92 Å². The minimum absolute atomic E-state index is 0.0104. The molecule has 228 valence electrons. The standard InChI is InChI=1S/C30H24F8N2O3/c1-3-17(30(36,37)38)13-24(41)20-12-16(6-9-22(20)32)19-14-21-25(27(42)39-2)26(15-4-7-18(31)8-5-15)43-28(21)40-23(19)10-11-29(33,34)35/h4-9,12,14,17H,3,10-11,13H2,1-2H3,(H,39,42). The number of amides is 1. The van der Waals surface area contributed by atoms with Crippen LogP contribution in [0.2, 0.25) is 0 Å².